The first-order valence-corrected chi connectivity index (χ1v) is 10.7. The van der Waals surface area contributed by atoms with E-state index >= 15 is 0 Å². The summed E-state index contributed by atoms with van der Waals surface area (Å²) >= 11 is 0. The van der Waals surface area contributed by atoms with Crippen LogP contribution in [0.2, 0.25) is 0 Å². The first kappa shape index (κ1) is 24.1. The molecule has 3 N–H and O–H groups in total. The number of hydrogen-bond acceptors (Lipinski definition) is 8. The van der Waals surface area contributed by atoms with Crippen molar-refractivity contribution in [1.29, 1.82) is 0 Å². The number of carbonyl (C=O) groups excluding carboxylic acids is 2. The van der Waals surface area contributed by atoms with Crippen molar-refractivity contribution in [3.8, 4) is 0 Å². The van der Waals surface area contributed by atoms with Crippen LogP contribution in [0, 0.1) is 5.92 Å². The molecule has 0 aromatic heterocycles. The van der Waals surface area contributed by atoms with E-state index in [0.29, 0.717) is 0 Å². The Balaban J connectivity index is 2.01. The maximum atomic E-state index is 12.0. The Morgan fingerprint density at radius 2 is 1.87 bits per heavy atom. The Labute approximate surface area is 174 Å². The first-order chi connectivity index (χ1) is 14.3. The fourth-order valence-corrected chi connectivity index (χ4v) is 3.90. The highest BCUT2D eigenvalue weighted by molar-refractivity contribution is 7.47. The van der Waals surface area contributed by atoms with Crippen LogP contribution in [0.1, 0.15) is 12.0 Å². The van der Waals surface area contributed by atoms with Crippen molar-refractivity contribution in [2.75, 3.05) is 27.9 Å². The molecule has 0 saturated heterocycles. The van der Waals surface area contributed by atoms with Gasteiger partial charge in [0.2, 0.25) is 0 Å². The van der Waals surface area contributed by atoms with Crippen LogP contribution in [0.25, 0.3) is 0 Å². The topological polar surface area (TPSA) is 142 Å². The summed E-state index contributed by atoms with van der Waals surface area (Å²) in [5.41, 5.74) is 0.798. The average Bonchev–Trinajstić information content (AvgIpc) is 3.06. The van der Waals surface area contributed by atoms with E-state index in [1.54, 1.807) is 12.1 Å². The van der Waals surface area contributed by atoms with Gasteiger partial charge in [-0.1, -0.05) is 30.3 Å². The smallest absolute Gasteiger partial charge is 0.434 e. The van der Waals surface area contributed by atoms with Crippen molar-refractivity contribution in [1.82, 2.24) is 10.6 Å². The van der Waals surface area contributed by atoms with Crippen LogP contribution in [0.4, 0.5) is 9.59 Å². The molecule has 0 heterocycles. The van der Waals surface area contributed by atoms with Gasteiger partial charge in [-0.3, -0.25) is 9.05 Å². The number of carbonyl (C=O) groups is 2. The molecule has 11 nitrogen and oxygen atoms in total. The zero-order chi connectivity index (χ0) is 22.1. The highest BCUT2D eigenvalue weighted by Gasteiger charge is 2.48. The SMILES string of the molecule is CNC(=O)N[C@@H]1C[C@H](COC(=O)OCc2ccccc2)C(OP(=O)(O)OC)[C@@H]1OC. The van der Waals surface area contributed by atoms with E-state index in [4.69, 9.17) is 18.7 Å². The second kappa shape index (κ2) is 11.3. The molecule has 1 aromatic rings. The molecule has 0 radical (unpaired) electrons. The minimum Gasteiger partial charge on any atom is -0.434 e. The minimum atomic E-state index is -4.36. The zero-order valence-electron chi connectivity index (χ0n) is 17.0. The lowest BCUT2D eigenvalue weighted by atomic mass is 10.1. The Morgan fingerprint density at radius 1 is 1.17 bits per heavy atom. The highest BCUT2D eigenvalue weighted by atomic mass is 31.2. The lowest BCUT2D eigenvalue weighted by molar-refractivity contribution is -0.0320. The molecule has 2 unspecified atom stereocenters. The quantitative estimate of drug-likeness (QED) is 0.382. The maximum absolute atomic E-state index is 12.0. The summed E-state index contributed by atoms with van der Waals surface area (Å²) in [7, 11) is -0.491. The van der Waals surface area contributed by atoms with Crippen LogP contribution in [0.15, 0.2) is 30.3 Å². The molecule has 0 aliphatic heterocycles. The van der Waals surface area contributed by atoms with Crippen LogP contribution in [0.5, 0.6) is 0 Å². The molecule has 1 saturated carbocycles. The Hall–Kier alpha value is -2.17. The largest absolute Gasteiger partial charge is 0.508 e. The van der Waals surface area contributed by atoms with Crippen molar-refractivity contribution in [2.24, 2.45) is 5.92 Å². The molecule has 12 heteroatoms. The van der Waals surface area contributed by atoms with Crippen LogP contribution in [0.3, 0.4) is 0 Å². The van der Waals surface area contributed by atoms with Gasteiger partial charge in [0.1, 0.15) is 25.4 Å². The predicted molar refractivity (Wildman–Crippen MR) is 105 cm³/mol. The molecule has 5 atom stereocenters. The molecule has 0 bridgehead atoms. The molecule has 2 rings (SSSR count). The fourth-order valence-electron chi connectivity index (χ4n) is 3.21. The minimum absolute atomic E-state index is 0.0430. The summed E-state index contributed by atoms with van der Waals surface area (Å²) in [5, 5.41) is 5.12. The summed E-state index contributed by atoms with van der Waals surface area (Å²) in [4.78, 5) is 33.4. The van der Waals surface area contributed by atoms with Crippen molar-refractivity contribution in [3.63, 3.8) is 0 Å². The van der Waals surface area contributed by atoms with E-state index in [9.17, 15) is 19.0 Å². The Kier molecular flexibility index (Phi) is 9.07. The number of phosphoric ester groups is 1. The predicted octanol–water partition coefficient (Wildman–Crippen LogP) is 1.80. The third-order valence-electron chi connectivity index (χ3n) is 4.66. The lowest BCUT2D eigenvalue weighted by Gasteiger charge is -2.26. The molecule has 1 aliphatic rings. The van der Waals surface area contributed by atoms with Gasteiger partial charge in [0.05, 0.1) is 6.04 Å². The second-order valence-electron chi connectivity index (χ2n) is 6.58. The Morgan fingerprint density at radius 3 is 2.47 bits per heavy atom. The molecule has 30 heavy (non-hydrogen) atoms. The standard InChI is InChI=1S/C18H27N2O9P/c1-19-17(21)20-14-9-13(15(16(14)25-2)29-30(23,24)26-3)11-28-18(22)27-10-12-7-5-4-6-8-12/h4-8,13-16H,9-11H2,1-3H3,(H,23,24)(H2,19,20,21)/t13-,14-,15?,16-/m1/s1. The number of methoxy groups -OCH3 is 1. The first-order valence-electron chi connectivity index (χ1n) is 9.21. The number of amides is 2. The van der Waals surface area contributed by atoms with Gasteiger partial charge in [0, 0.05) is 27.2 Å². The van der Waals surface area contributed by atoms with E-state index in [1.807, 2.05) is 18.2 Å². The van der Waals surface area contributed by atoms with Gasteiger partial charge >= 0.3 is 20.0 Å². The summed E-state index contributed by atoms with van der Waals surface area (Å²) in [6, 6.07) is 8.08. The summed E-state index contributed by atoms with van der Waals surface area (Å²) in [6.45, 7) is -0.130. The number of hydrogen-bond donors (Lipinski definition) is 3. The Bertz CT molecular complexity index is 748. The van der Waals surface area contributed by atoms with Crippen molar-refractivity contribution in [3.05, 3.63) is 35.9 Å². The maximum Gasteiger partial charge on any atom is 0.508 e. The van der Waals surface area contributed by atoms with E-state index in [-0.39, 0.29) is 19.6 Å². The number of ether oxygens (including phenoxy) is 3. The third kappa shape index (κ3) is 6.96. The number of phosphoric acid groups is 1. The van der Waals surface area contributed by atoms with Crippen molar-refractivity contribution < 1.29 is 42.3 Å². The molecule has 1 aliphatic carbocycles. The third-order valence-corrected chi connectivity index (χ3v) is 5.63. The number of urea groups is 1. The van der Waals surface area contributed by atoms with Crippen molar-refractivity contribution in [2.45, 2.75) is 31.3 Å². The molecule has 1 fully saturated rings. The zero-order valence-corrected chi connectivity index (χ0v) is 17.9. The molecular weight excluding hydrogens is 419 g/mol. The summed E-state index contributed by atoms with van der Waals surface area (Å²) in [5.74, 6) is -0.558. The van der Waals surface area contributed by atoms with Crippen molar-refractivity contribution >= 4 is 20.0 Å². The summed E-state index contributed by atoms with van der Waals surface area (Å²) in [6.07, 6.45) is -2.37. The molecule has 168 valence electrons. The van der Waals surface area contributed by atoms with Gasteiger partial charge in [-0.05, 0) is 12.0 Å². The molecular formula is C18H27N2O9P. The van der Waals surface area contributed by atoms with Gasteiger partial charge < -0.3 is 29.7 Å². The van der Waals surface area contributed by atoms with Crippen LogP contribution < -0.4 is 10.6 Å². The summed E-state index contributed by atoms with van der Waals surface area (Å²) < 4.78 is 37.3. The lowest BCUT2D eigenvalue weighted by Crippen LogP contribution is -2.47. The van der Waals surface area contributed by atoms with Crippen LogP contribution in [-0.2, 0) is 34.4 Å². The highest BCUT2D eigenvalue weighted by Crippen LogP contribution is 2.48. The van der Waals surface area contributed by atoms with E-state index < -0.39 is 44.2 Å². The molecule has 2 amide bonds. The molecule has 0 spiro atoms. The fraction of sp³-hybridized carbons (Fsp3) is 0.556. The van der Waals surface area contributed by atoms with E-state index in [0.717, 1.165) is 12.7 Å². The van der Waals surface area contributed by atoms with Gasteiger partial charge in [0.15, 0.2) is 0 Å². The van der Waals surface area contributed by atoms with Gasteiger partial charge in [0.25, 0.3) is 0 Å². The van der Waals surface area contributed by atoms with E-state index in [1.165, 1.54) is 14.2 Å². The van der Waals surface area contributed by atoms with Crippen LogP contribution in [-0.4, -0.2) is 63.2 Å². The molecule has 1 aromatic carbocycles. The van der Waals surface area contributed by atoms with Gasteiger partial charge in [-0.15, -0.1) is 0 Å². The van der Waals surface area contributed by atoms with Gasteiger partial charge in [-0.25, -0.2) is 14.2 Å². The normalized spacial score (nSPS) is 25.2. The number of rotatable bonds is 9. The second-order valence-corrected chi connectivity index (χ2v) is 8.10. The van der Waals surface area contributed by atoms with E-state index in [2.05, 4.69) is 15.2 Å². The monoisotopic (exact) mass is 446 g/mol. The average molecular weight is 446 g/mol. The van der Waals surface area contributed by atoms with Crippen LogP contribution >= 0.6 is 7.82 Å². The number of benzene rings is 1. The van der Waals surface area contributed by atoms with Gasteiger partial charge in [-0.2, -0.15) is 0 Å². The number of nitrogens with one attached hydrogen (secondary N) is 2.